The van der Waals surface area contributed by atoms with Crippen LogP contribution in [0.4, 0.5) is 0 Å². The van der Waals surface area contributed by atoms with Crippen LogP contribution in [-0.4, -0.2) is 76.8 Å². The summed E-state index contributed by atoms with van der Waals surface area (Å²) in [6, 6.07) is 5.87. The lowest BCUT2D eigenvalue weighted by Gasteiger charge is -2.37. The molecule has 46 heavy (non-hydrogen) atoms. The molecular formula is C37H58BrN3O5. The lowest BCUT2D eigenvalue weighted by Crippen LogP contribution is -3.00. The zero-order valence-electron chi connectivity index (χ0n) is 30.4. The van der Waals surface area contributed by atoms with Crippen molar-refractivity contribution in [1.29, 1.82) is 0 Å². The van der Waals surface area contributed by atoms with Gasteiger partial charge in [-0.15, -0.1) is 0 Å². The Morgan fingerprint density at radius 3 is 1.63 bits per heavy atom. The fraction of sp³-hybridized carbons (Fsp3) is 0.622. The Labute approximate surface area is 287 Å². The summed E-state index contributed by atoms with van der Waals surface area (Å²) in [6.07, 6.45) is 1.51. The van der Waals surface area contributed by atoms with E-state index in [1.54, 1.807) is 0 Å². The van der Waals surface area contributed by atoms with Crippen molar-refractivity contribution in [3.63, 3.8) is 0 Å². The summed E-state index contributed by atoms with van der Waals surface area (Å²) in [4.78, 5) is 14.1. The zero-order chi connectivity index (χ0) is 34.3. The van der Waals surface area contributed by atoms with E-state index >= 15 is 0 Å². The SMILES string of the molecule is CC(C)(C)c1cc(CN(N=Cc2c(C(C)(C)C)cc(C(C)(C)C)c(O)c2O)C(=O)C[N+]2(C)CCOCC2)cc(C(C)(C)C)c1O.[Br-]. The minimum absolute atomic E-state index is 0. The molecule has 9 heteroatoms. The predicted molar refractivity (Wildman–Crippen MR) is 182 cm³/mol. The highest BCUT2D eigenvalue weighted by Gasteiger charge is 2.33. The molecule has 0 unspecified atom stereocenters. The van der Waals surface area contributed by atoms with Crippen LogP contribution in [0.15, 0.2) is 23.3 Å². The van der Waals surface area contributed by atoms with E-state index < -0.39 is 5.41 Å². The van der Waals surface area contributed by atoms with E-state index in [1.807, 2.05) is 59.7 Å². The number of likely N-dealkylation sites (N-methyl/N-ethyl adjacent to an activating group) is 1. The third kappa shape index (κ3) is 9.26. The van der Waals surface area contributed by atoms with Crippen molar-refractivity contribution in [2.75, 3.05) is 39.9 Å². The van der Waals surface area contributed by atoms with Gasteiger partial charge in [-0.25, -0.2) is 5.01 Å². The first-order valence-corrected chi connectivity index (χ1v) is 16.1. The lowest BCUT2D eigenvalue weighted by molar-refractivity contribution is -0.909. The number of carbonyl (C=O) groups excluding carboxylic acids is 1. The molecule has 0 aliphatic carbocycles. The molecule has 0 spiro atoms. The fourth-order valence-corrected chi connectivity index (χ4v) is 5.77. The van der Waals surface area contributed by atoms with Crippen LogP contribution in [-0.2, 0) is 37.7 Å². The molecule has 2 aromatic rings. The topological polar surface area (TPSA) is 103 Å². The average molecular weight is 705 g/mol. The predicted octanol–water partition coefficient (Wildman–Crippen LogP) is 3.84. The highest BCUT2D eigenvalue weighted by Crippen LogP contribution is 2.44. The molecule has 3 N–H and O–H groups in total. The molecule has 1 heterocycles. The molecule has 1 aliphatic heterocycles. The van der Waals surface area contributed by atoms with Crippen LogP contribution in [0, 0.1) is 0 Å². The van der Waals surface area contributed by atoms with Crippen molar-refractivity contribution in [2.45, 2.75) is 111 Å². The van der Waals surface area contributed by atoms with E-state index in [9.17, 15) is 20.1 Å². The molecule has 0 radical (unpaired) electrons. The van der Waals surface area contributed by atoms with Gasteiger partial charge in [-0.1, -0.05) is 89.2 Å². The Morgan fingerprint density at radius 2 is 1.20 bits per heavy atom. The van der Waals surface area contributed by atoms with Gasteiger partial charge in [0, 0.05) is 11.1 Å². The van der Waals surface area contributed by atoms with Crippen molar-refractivity contribution >= 4 is 12.1 Å². The zero-order valence-corrected chi connectivity index (χ0v) is 32.0. The summed E-state index contributed by atoms with van der Waals surface area (Å²) in [5.74, 6) is -0.305. The first kappa shape index (κ1) is 39.6. The number of morpholine rings is 1. The van der Waals surface area contributed by atoms with E-state index in [-0.39, 0.29) is 69.5 Å². The van der Waals surface area contributed by atoms with Crippen LogP contribution in [0.25, 0.3) is 0 Å². The Bertz CT molecular complexity index is 1400. The van der Waals surface area contributed by atoms with Gasteiger partial charge in [0.05, 0.1) is 33.0 Å². The molecule has 0 aromatic heterocycles. The van der Waals surface area contributed by atoms with E-state index in [0.717, 1.165) is 35.3 Å². The van der Waals surface area contributed by atoms with Crippen LogP contribution in [0.5, 0.6) is 17.2 Å². The maximum Gasteiger partial charge on any atom is 0.298 e. The lowest BCUT2D eigenvalue weighted by atomic mass is 9.77. The Kier molecular flexibility index (Phi) is 11.9. The van der Waals surface area contributed by atoms with Gasteiger partial charge in [0.25, 0.3) is 5.91 Å². The number of hydrogen-bond acceptors (Lipinski definition) is 6. The third-order valence-electron chi connectivity index (χ3n) is 8.73. The largest absolute Gasteiger partial charge is 1.00 e. The number of halogens is 1. The van der Waals surface area contributed by atoms with Gasteiger partial charge in [0.1, 0.15) is 18.8 Å². The van der Waals surface area contributed by atoms with Crippen molar-refractivity contribution in [3.05, 3.63) is 51.6 Å². The maximum absolute atomic E-state index is 14.1. The molecule has 1 aliphatic rings. The second kappa shape index (κ2) is 13.9. The second-order valence-electron chi connectivity index (χ2n) is 17.2. The molecule has 0 bridgehead atoms. The number of aromatic hydroxyl groups is 3. The van der Waals surface area contributed by atoms with Crippen LogP contribution < -0.4 is 17.0 Å². The maximum atomic E-state index is 14.1. The van der Waals surface area contributed by atoms with E-state index in [1.165, 1.54) is 11.2 Å². The number of phenolic OH excluding ortho intramolecular Hbond substituents is 3. The number of ether oxygens (including phenoxy) is 1. The number of hydrogen-bond donors (Lipinski definition) is 3. The van der Waals surface area contributed by atoms with Gasteiger partial charge in [-0.05, 0) is 56.0 Å². The smallest absolute Gasteiger partial charge is 0.298 e. The van der Waals surface area contributed by atoms with Gasteiger partial charge >= 0.3 is 0 Å². The summed E-state index contributed by atoms with van der Waals surface area (Å²) in [5, 5.41) is 39.9. The van der Waals surface area contributed by atoms with Gasteiger partial charge in [-0.2, -0.15) is 5.10 Å². The molecule has 2 aromatic carbocycles. The van der Waals surface area contributed by atoms with Crippen molar-refractivity contribution < 1.29 is 46.3 Å². The van der Waals surface area contributed by atoms with Gasteiger partial charge in [-0.3, -0.25) is 4.79 Å². The van der Waals surface area contributed by atoms with Crippen LogP contribution in [0.2, 0.25) is 0 Å². The summed E-state index contributed by atoms with van der Waals surface area (Å²) in [6.45, 7) is 27.6. The molecule has 258 valence electrons. The van der Waals surface area contributed by atoms with Crippen molar-refractivity contribution in [3.8, 4) is 17.2 Å². The Balaban J connectivity index is 0.00000736. The van der Waals surface area contributed by atoms with Gasteiger partial charge in [0.15, 0.2) is 18.0 Å². The summed E-state index contributed by atoms with van der Waals surface area (Å²) in [5.41, 5.74) is 2.88. The quantitative estimate of drug-likeness (QED) is 0.184. The number of hydrazone groups is 1. The normalized spacial score (nSPS) is 15.9. The number of carbonyl (C=O) groups is 1. The number of phenols is 3. The van der Waals surface area contributed by atoms with Gasteiger partial charge in [0.2, 0.25) is 0 Å². The van der Waals surface area contributed by atoms with E-state index in [0.29, 0.717) is 28.8 Å². The molecule has 1 saturated heterocycles. The number of amides is 1. The van der Waals surface area contributed by atoms with E-state index in [4.69, 9.17) is 9.84 Å². The minimum Gasteiger partial charge on any atom is -1.00 e. The molecule has 0 atom stereocenters. The molecule has 0 saturated carbocycles. The average Bonchev–Trinajstić information content (AvgIpc) is 2.86. The van der Waals surface area contributed by atoms with Crippen molar-refractivity contribution in [2.24, 2.45) is 5.10 Å². The molecule has 1 fully saturated rings. The van der Waals surface area contributed by atoms with Crippen molar-refractivity contribution in [1.82, 2.24) is 5.01 Å². The first-order chi connectivity index (χ1) is 20.3. The molecule has 1 amide bonds. The van der Waals surface area contributed by atoms with Crippen LogP contribution in [0.3, 0.4) is 0 Å². The fourth-order valence-electron chi connectivity index (χ4n) is 5.77. The minimum atomic E-state index is -0.398. The molecule has 8 nitrogen and oxygen atoms in total. The van der Waals surface area contributed by atoms with Gasteiger partial charge < -0.3 is 41.5 Å². The molecule has 3 rings (SSSR count). The van der Waals surface area contributed by atoms with E-state index in [2.05, 4.69) is 48.6 Å². The van der Waals surface area contributed by atoms with Crippen LogP contribution >= 0.6 is 0 Å². The summed E-state index contributed by atoms with van der Waals surface area (Å²) >= 11 is 0. The Morgan fingerprint density at radius 1 is 0.761 bits per heavy atom. The number of quaternary nitrogens is 1. The second-order valence-corrected chi connectivity index (χ2v) is 17.2. The first-order valence-electron chi connectivity index (χ1n) is 16.1. The Hall–Kier alpha value is -2.62. The van der Waals surface area contributed by atoms with Crippen LogP contribution in [0.1, 0.15) is 116 Å². The standard InChI is InChI=1S/C37H57N3O5.BrH/c1-34(2,3)26-20-29(37(10,11)12)33(44)31(42)25(26)21-38-39(30(41)23-40(13)14-16-45-17-15-40)22-24-18-27(35(4,5)6)32(43)28(19-24)36(7,8)9;/h18-21H,14-17,22-23H2,1-13H3,(H2-,38,42,43,44);1H. The monoisotopic (exact) mass is 703 g/mol. The molecular weight excluding hydrogens is 646 g/mol. The number of benzene rings is 2. The highest BCUT2D eigenvalue weighted by molar-refractivity contribution is 5.89. The number of nitrogens with zero attached hydrogens (tertiary/aromatic N) is 3. The summed E-state index contributed by atoms with van der Waals surface area (Å²) < 4.78 is 6.11. The highest BCUT2D eigenvalue weighted by atomic mass is 79.9. The third-order valence-corrected chi connectivity index (χ3v) is 8.73. The number of rotatable bonds is 6. The summed E-state index contributed by atoms with van der Waals surface area (Å²) in [7, 11) is 2.06.